The van der Waals surface area contributed by atoms with Crippen LogP contribution in [0.3, 0.4) is 0 Å². The number of nitrogens with zero attached hydrogens (tertiary/aromatic N) is 3. The first-order chi connectivity index (χ1) is 17.2. The maximum absolute atomic E-state index is 12.7. The Morgan fingerprint density at radius 2 is 1.81 bits per heavy atom. The van der Waals surface area contributed by atoms with E-state index in [2.05, 4.69) is 15.5 Å². The average Bonchev–Trinajstić information content (AvgIpc) is 3.35. The molecule has 0 aliphatic heterocycles. The van der Waals surface area contributed by atoms with Crippen LogP contribution in [0.1, 0.15) is 50.8 Å². The number of thioether (sulfide) groups is 1. The van der Waals surface area contributed by atoms with Crippen LogP contribution < -0.4 is 10.1 Å². The van der Waals surface area contributed by atoms with Gasteiger partial charge in [0.25, 0.3) is 0 Å². The molecule has 1 N–H and O–H groups in total. The van der Waals surface area contributed by atoms with E-state index in [4.69, 9.17) is 14.2 Å². The molecule has 36 heavy (non-hydrogen) atoms. The van der Waals surface area contributed by atoms with E-state index >= 15 is 0 Å². The highest BCUT2D eigenvalue weighted by atomic mass is 32.2. The lowest BCUT2D eigenvalue weighted by molar-refractivity contribution is -0.113. The Hall–Kier alpha value is -3.38. The molecule has 0 spiro atoms. The van der Waals surface area contributed by atoms with Crippen LogP contribution in [0.2, 0.25) is 0 Å². The summed E-state index contributed by atoms with van der Waals surface area (Å²) in [6, 6.07) is 7.70. The number of benzene rings is 1. The number of nitrogens with one attached hydrogen (secondary N) is 1. The Labute approximate surface area is 217 Å². The van der Waals surface area contributed by atoms with Crippen molar-refractivity contribution in [3.63, 3.8) is 0 Å². The summed E-state index contributed by atoms with van der Waals surface area (Å²) in [5.74, 6) is -0.188. The number of aryl methyl sites for hydroxylation is 1. The monoisotopic (exact) mass is 532 g/mol. The number of hydrogen-bond acceptors (Lipinski definition) is 10. The van der Waals surface area contributed by atoms with Crippen molar-refractivity contribution < 1.29 is 28.6 Å². The molecule has 0 atom stereocenters. The molecule has 3 rings (SSSR count). The minimum Gasteiger partial charge on any atom is -0.486 e. The van der Waals surface area contributed by atoms with Crippen LogP contribution in [0, 0.1) is 13.8 Å². The number of ether oxygens (including phenoxy) is 3. The summed E-state index contributed by atoms with van der Waals surface area (Å²) < 4.78 is 17.7. The molecule has 0 aliphatic carbocycles. The van der Waals surface area contributed by atoms with Gasteiger partial charge in [-0.2, -0.15) is 0 Å². The maximum atomic E-state index is 12.7. The molecule has 3 aromatic rings. The van der Waals surface area contributed by atoms with Gasteiger partial charge in [0.1, 0.15) is 22.2 Å². The molecular formula is C24H28N4O6S2. The molecule has 192 valence electrons. The molecule has 0 fully saturated rings. The predicted molar refractivity (Wildman–Crippen MR) is 137 cm³/mol. The first kappa shape index (κ1) is 27.2. The second-order valence-electron chi connectivity index (χ2n) is 7.60. The number of carbonyl (C=O) groups excluding carboxylic acids is 3. The molecule has 10 nitrogen and oxygen atoms in total. The van der Waals surface area contributed by atoms with Crippen molar-refractivity contribution in [3.8, 4) is 5.75 Å². The molecule has 0 saturated carbocycles. The Balaban J connectivity index is 1.66. The third-order valence-electron chi connectivity index (χ3n) is 4.96. The van der Waals surface area contributed by atoms with Crippen molar-refractivity contribution >= 4 is 45.9 Å². The summed E-state index contributed by atoms with van der Waals surface area (Å²) in [6.45, 7) is 7.57. The van der Waals surface area contributed by atoms with Crippen molar-refractivity contribution in [2.75, 3.05) is 24.3 Å². The van der Waals surface area contributed by atoms with Crippen LogP contribution in [0.15, 0.2) is 29.4 Å². The van der Waals surface area contributed by atoms with Gasteiger partial charge in [0.05, 0.1) is 24.5 Å². The smallest absolute Gasteiger partial charge is 0.348 e. The van der Waals surface area contributed by atoms with Gasteiger partial charge >= 0.3 is 11.9 Å². The summed E-state index contributed by atoms with van der Waals surface area (Å²) in [5.41, 5.74) is 1.65. The van der Waals surface area contributed by atoms with Gasteiger partial charge in [-0.15, -0.1) is 21.5 Å². The summed E-state index contributed by atoms with van der Waals surface area (Å²) in [5, 5.41) is 11.8. The van der Waals surface area contributed by atoms with Gasteiger partial charge in [-0.05, 0) is 51.0 Å². The lowest BCUT2D eigenvalue weighted by Crippen LogP contribution is -2.17. The number of hydrogen-bond donors (Lipinski definition) is 1. The van der Waals surface area contributed by atoms with Crippen LogP contribution >= 0.6 is 23.1 Å². The van der Waals surface area contributed by atoms with Gasteiger partial charge in [-0.1, -0.05) is 23.9 Å². The number of anilines is 1. The second kappa shape index (κ2) is 12.5. The Morgan fingerprint density at radius 3 is 2.50 bits per heavy atom. The zero-order valence-electron chi connectivity index (χ0n) is 20.7. The highest BCUT2D eigenvalue weighted by Crippen LogP contribution is 2.34. The topological polar surface area (TPSA) is 122 Å². The fraction of sp³-hybridized carbons (Fsp3) is 0.375. The van der Waals surface area contributed by atoms with E-state index in [0.29, 0.717) is 16.5 Å². The molecule has 0 bridgehead atoms. The van der Waals surface area contributed by atoms with Crippen molar-refractivity contribution in [1.29, 1.82) is 0 Å². The number of amides is 1. The van der Waals surface area contributed by atoms with E-state index < -0.39 is 11.9 Å². The van der Waals surface area contributed by atoms with Crippen molar-refractivity contribution in [2.45, 2.75) is 39.5 Å². The number of esters is 2. The molecule has 2 heterocycles. The van der Waals surface area contributed by atoms with Crippen molar-refractivity contribution in [3.05, 3.63) is 51.7 Å². The Kier molecular flexibility index (Phi) is 9.48. The quantitative estimate of drug-likeness (QED) is 0.287. The van der Waals surface area contributed by atoms with E-state index in [1.165, 1.54) is 11.8 Å². The Morgan fingerprint density at radius 1 is 1.08 bits per heavy atom. The molecule has 1 amide bonds. The molecule has 2 aromatic heterocycles. The van der Waals surface area contributed by atoms with Gasteiger partial charge in [-0.3, -0.25) is 4.79 Å². The second-order valence-corrected chi connectivity index (χ2v) is 9.56. The highest BCUT2D eigenvalue weighted by molar-refractivity contribution is 7.99. The fourth-order valence-corrected chi connectivity index (χ4v) is 5.02. The van der Waals surface area contributed by atoms with E-state index in [1.807, 2.05) is 31.2 Å². The first-order valence-electron chi connectivity index (χ1n) is 11.2. The lowest BCUT2D eigenvalue weighted by atomic mass is 10.1. The summed E-state index contributed by atoms with van der Waals surface area (Å²) in [4.78, 5) is 37.8. The minimum absolute atomic E-state index is 0.0126. The molecule has 12 heteroatoms. The van der Waals surface area contributed by atoms with Gasteiger partial charge in [0.2, 0.25) is 5.91 Å². The number of aromatic nitrogens is 3. The third kappa shape index (κ3) is 6.64. The van der Waals surface area contributed by atoms with E-state index in [1.54, 1.807) is 32.4 Å². The zero-order valence-corrected chi connectivity index (χ0v) is 22.4. The van der Waals surface area contributed by atoms with Crippen LogP contribution in [0.4, 0.5) is 5.00 Å². The van der Waals surface area contributed by atoms with Crippen LogP contribution in [-0.2, 0) is 27.9 Å². The Bertz CT molecular complexity index is 1250. The standard InChI is InChI=1S/C24H28N4O6S2/c1-6-32-22(30)19-15(4)20(23(31)33-7-2)36-21(19)25-18(29)13-35-24-27-26-17(28(24)5)12-34-16-10-8-9-14(3)11-16/h8-11H,6-7,12-13H2,1-5H3,(H,25,29). The maximum Gasteiger partial charge on any atom is 0.348 e. The van der Waals surface area contributed by atoms with Crippen molar-refractivity contribution in [1.82, 2.24) is 14.8 Å². The van der Waals surface area contributed by atoms with E-state index in [0.717, 1.165) is 22.6 Å². The van der Waals surface area contributed by atoms with E-state index in [-0.39, 0.29) is 46.9 Å². The third-order valence-corrected chi connectivity index (χ3v) is 7.16. The van der Waals surface area contributed by atoms with Crippen molar-refractivity contribution in [2.24, 2.45) is 7.05 Å². The summed E-state index contributed by atoms with van der Waals surface area (Å²) in [7, 11) is 1.79. The van der Waals surface area contributed by atoms with Gasteiger partial charge in [0, 0.05) is 7.05 Å². The zero-order chi connectivity index (χ0) is 26.2. The fourth-order valence-electron chi connectivity index (χ4n) is 3.18. The van der Waals surface area contributed by atoms with Crippen LogP contribution in [0.5, 0.6) is 5.75 Å². The molecule has 1 aromatic carbocycles. The van der Waals surface area contributed by atoms with Crippen LogP contribution in [-0.4, -0.2) is 51.6 Å². The van der Waals surface area contributed by atoms with Gasteiger partial charge in [0.15, 0.2) is 11.0 Å². The predicted octanol–water partition coefficient (Wildman–Crippen LogP) is 4.16. The van der Waals surface area contributed by atoms with Gasteiger partial charge in [-0.25, -0.2) is 9.59 Å². The molecule has 0 radical (unpaired) electrons. The molecule has 0 unspecified atom stereocenters. The summed E-state index contributed by atoms with van der Waals surface area (Å²) >= 11 is 2.17. The molecular weight excluding hydrogens is 504 g/mol. The number of carbonyl (C=O) groups is 3. The molecule has 0 aliphatic rings. The largest absolute Gasteiger partial charge is 0.486 e. The first-order valence-corrected chi connectivity index (χ1v) is 13.0. The number of rotatable bonds is 11. The van der Waals surface area contributed by atoms with E-state index in [9.17, 15) is 14.4 Å². The van der Waals surface area contributed by atoms with Gasteiger partial charge < -0.3 is 24.1 Å². The molecule has 0 saturated heterocycles. The minimum atomic E-state index is -0.615. The SMILES string of the molecule is CCOC(=O)c1sc(NC(=O)CSc2nnc(COc3cccc(C)c3)n2C)c(C(=O)OCC)c1C. The summed E-state index contributed by atoms with van der Waals surface area (Å²) in [6.07, 6.45) is 0. The lowest BCUT2D eigenvalue weighted by Gasteiger charge is -2.08. The van der Waals surface area contributed by atoms with Crippen LogP contribution in [0.25, 0.3) is 0 Å². The normalized spacial score (nSPS) is 10.7. The average molecular weight is 533 g/mol. The highest BCUT2D eigenvalue weighted by Gasteiger charge is 2.27. The number of thiophene rings is 1.